The van der Waals surface area contributed by atoms with E-state index >= 15 is 0 Å². The van der Waals surface area contributed by atoms with Gasteiger partial charge in [0.05, 0.1) is 27.8 Å². The summed E-state index contributed by atoms with van der Waals surface area (Å²) in [4.78, 5) is 20.5. The maximum atomic E-state index is 13.7. The fourth-order valence-electron chi connectivity index (χ4n) is 4.78. The van der Waals surface area contributed by atoms with E-state index in [1.165, 1.54) is 15.6 Å². The number of para-hydroxylation sites is 1. The van der Waals surface area contributed by atoms with Crippen molar-refractivity contribution < 1.29 is 17.9 Å². The Morgan fingerprint density at radius 3 is 2.54 bits per heavy atom. The maximum absolute atomic E-state index is 13.7. The minimum absolute atomic E-state index is 0.0367. The molecule has 3 heterocycles. The zero-order chi connectivity index (χ0) is 24.6. The lowest BCUT2D eigenvalue weighted by Gasteiger charge is -2.23. The molecule has 0 radical (unpaired) electrons. The molecule has 5 rings (SSSR count). The Morgan fingerprint density at radius 2 is 1.89 bits per heavy atom. The summed E-state index contributed by atoms with van der Waals surface area (Å²) in [7, 11) is -3.52. The molecule has 2 aliphatic rings. The summed E-state index contributed by atoms with van der Waals surface area (Å²) in [6.07, 6.45) is 3.61. The number of amides is 1. The molecule has 35 heavy (non-hydrogen) atoms. The molecule has 2 saturated heterocycles. The minimum atomic E-state index is -3.52. The third kappa shape index (κ3) is 4.87. The quantitative estimate of drug-likeness (QED) is 0.443. The monoisotopic (exact) mass is 513 g/mol. The van der Waals surface area contributed by atoms with Crippen LogP contribution >= 0.6 is 11.3 Å². The van der Waals surface area contributed by atoms with Gasteiger partial charge in [0.15, 0.2) is 5.13 Å². The maximum Gasteiger partial charge on any atom is 0.260 e. The summed E-state index contributed by atoms with van der Waals surface area (Å²) in [5.41, 5.74) is 2.53. The molecule has 3 aromatic rings. The van der Waals surface area contributed by atoms with E-state index in [4.69, 9.17) is 9.72 Å². The molecule has 0 saturated carbocycles. The molecule has 186 valence electrons. The van der Waals surface area contributed by atoms with Gasteiger partial charge in [0, 0.05) is 25.3 Å². The first-order valence-electron chi connectivity index (χ1n) is 12.3. The molecule has 1 amide bonds. The van der Waals surface area contributed by atoms with Gasteiger partial charge in [0.2, 0.25) is 10.0 Å². The number of hydrogen-bond donors (Lipinski definition) is 0. The molecule has 2 fully saturated rings. The second kappa shape index (κ2) is 9.97. The van der Waals surface area contributed by atoms with E-state index in [0.29, 0.717) is 42.9 Å². The van der Waals surface area contributed by atoms with Gasteiger partial charge in [-0.25, -0.2) is 13.4 Å². The molecule has 1 unspecified atom stereocenters. The third-order valence-corrected chi connectivity index (χ3v) is 9.71. The number of sulfonamides is 1. The van der Waals surface area contributed by atoms with Gasteiger partial charge in [-0.2, -0.15) is 4.31 Å². The Morgan fingerprint density at radius 1 is 1.14 bits per heavy atom. The van der Waals surface area contributed by atoms with Crippen molar-refractivity contribution in [2.45, 2.75) is 56.4 Å². The van der Waals surface area contributed by atoms with E-state index in [1.54, 1.807) is 29.2 Å². The number of ether oxygens (including phenoxy) is 1. The van der Waals surface area contributed by atoms with Crippen LogP contribution in [0.1, 0.15) is 61.4 Å². The standard InChI is InChI=1S/C26H31N3O4S2/c1-18(2)22-8-5-9-23-24(22)27-26(34-23)29(17-20-7-6-16-33-20)25(30)19-10-12-21(13-11-19)35(31,32)28-14-3-4-15-28/h5,8-13,18,20H,3-4,6-7,14-17H2,1-2H3. The normalized spacial score (nSPS) is 19.1. The number of thiazole rings is 1. The van der Waals surface area contributed by atoms with Gasteiger partial charge in [-0.3, -0.25) is 9.69 Å². The van der Waals surface area contributed by atoms with Crippen LogP contribution < -0.4 is 4.90 Å². The molecule has 0 N–H and O–H groups in total. The van der Waals surface area contributed by atoms with Crippen LogP contribution in [0, 0.1) is 0 Å². The first-order chi connectivity index (χ1) is 16.8. The highest BCUT2D eigenvalue weighted by molar-refractivity contribution is 7.89. The van der Waals surface area contributed by atoms with Crippen LogP contribution in [0.5, 0.6) is 0 Å². The van der Waals surface area contributed by atoms with Gasteiger partial charge in [-0.1, -0.05) is 37.3 Å². The first kappa shape index (κ1) is 24.4. The molecule has 7 nitrogen and oxygen atoms in total. The summed E-state index contributed by atoms with van der Waals surface area (Å²) in [5.74, 6) is 0.122. The number of benzene rings is 2. The summed E-state index contributed by atoms with van der Waals surface area (Å²) >= 11 is 1.50. The molecule has 2 aliphatic heterocycles. The summed E-state index contributed by atoms with van der Waals surface area (Å²) in [6, 6.07) is 12.5. The number of fused-ring (bicyclic) bond motifs is 1. The number of hydrogen-bond acceptors (Lipinski definition) is 6. The smallest absolute Gasteiger partial charge is 0.260 e. The zero-order valence-electron chi connectivity index (χ0n) is 20.1. The lowest BCUT2D eigenvalue weighted by molar-refractivity contribution is 0.0917. The van der Waals surface area contributed by atoms with Crippen molar-refractivity contribution in [1.29, 1.82) is 0 Å². The van der Waals surface area contributed by atoms with Crippen molar-refractivity contribution in [2.75, 3.05) is 31.1 Å². The van der Waals surface area contributed by atoms with E-state index in [1.807, 2.05) is 12.1 Å². The van der Waals surface area contributed by atoms with Crippen LogP contribution in [-0.4, -0.2) is 56.0 Å². The van der Waals surface area contributed by atoms with Gasteiger partial charge < -0.3 is 4.74 Å². The third-order valence-electron chi connectivity index (χ3n) is 6.75. The molecule has 1 aromatic heterocycles. The van der Waals surface area contributed by atoms with Gasteiger partial charge >= 0.3 is 0 Å². The summed E-state index contributed by atoms with van der Waals surface area (Å²) in [6.45, 7) is 6.50. The Hall–Kier alpha value is -2.33. The van der Waals surface area contributed by atoms with E-state index < -0.39 is 10.0 Å². The summed E-state index contributed by atoms with van der Waals surface area (Å²) < 4.78 is 34.2. The fourth-order valence-corrected chi connectivity index (χ4v) is 7.31. The van der Waals surface area contributed by atoms with Gasteiger partial charge in [-0.15, -0.1) is 0 Å². The van der Waals surface area contributed by atoms with Gasteiger partial charge in [-0.05, 0) is 67.5 Å². The number of rotatable bonds is 7. The van der Waals surface area contributed by atoms with E-state index in [2.05, 4.69) is 19.9 Å². The topological polar surface area (TPSA) is 79.8 Å². The zero-order valence-corrected chi connectivity index (χ0v) is 21.8. The molecule has 0 aliphatic carbocycles. The molecule has 0 spiro atoms. The number of anilines is 1. The highest BCUT2D eigenvalue weighted by Gasteiger charge is 2.30. The van der Waals surface area contributed by atoms with Crippen molar-refractivity contribution in [3.63, 3.8) is 0 Å². The number of carbonyl (C=O) groups excluding carboxylic acids is 1. The highest BCUT2D eigenvalue weighted by Crippen LogP contribution is 2.35. The second-order valence-electron chi connectivity index (χ2n) is 9.53. The lowest BCUT2D eigenvalue weighted by Crippen LogP contribution is -2.37. The molecule has 0 bridgehead atoms. The Bertz CT molecular complexity index is 1310. The van der Waals surface area contributed by atoms with Crippen LogP contribution in [0.3, 0.4) is 0 Å². The molecular formula is C26H31N3O4S2. The van der Waals surface area contributed by atoms with E-state index in [0.717, 1.165) is 41.5 Å². The SMILES string of the molecule is CC(C)c1cccc2sc(N(CC3CCCO3)C(=O)c3ccc(S(=O)(=O)N4CCCC4)cc3)nc12. The number of aromatic nitrogens is 1. The highest BCUT2D eigenvalue weighted by atomic mass is 32.2. The second-order valence-corrected chi connectivity index (χ2v) is 12.5. The Balaban J connectivity index is 1.47. The summed E-state index contributed by atoms with van der Waals surface area (Å²) in [5, 5.41) is 0.641. The van der Waals surface area contributed by atoms with Gasteiger partial charge in [0.1, 0.15) is 0 Å². The number of carbonyl (C=O) groups is 1. The largest absolute Gasteiger partial charge is 0.376 e. The van der Waals surface area contributed by atoms with Crippen molar-refractivity contribution in [2.24, 2.45) is 0 Å². The predicted molar refractivity (Wildman–Crippen MR) is 139 cm³/mol. The van der Waals surface area contributed by atoms with E-state index in [9.17, 15) is 13.2 Å². The van der Waals surface area contributed by atoms with Crippen LogP contribution in [0.2, 0.25) is 0 Å². The average Bonchev–Trinajstić information content (AvgIpc) is 3.63. The predicted octanol–water partition coefficient (Wildman–Crippen LogP) is 5.03. The minimum Gasteiger partial charge on any atom is -0.376 e. The first-order valence-corrected chi connectivity index (χ1v) is 14.5. The molecule has 2 aromatic carbocycles. The average molecular weight is 514 g/mol. The van der Waals surface area contributed by atoms with Crippen molar-refractivity contribution in [1.82, 2.24) is 9.29 Å². The van der Waals surface area contributed by atoms with Crippen molar-refractivity contribution in [3.05, 3.63) is 53.6 Å². The fraction of sp³-hybridized carbons (Fsp3) is 0.462. The molecular weight excluding hydrogens is 482 g/mol. The number of nitrogens with zero attached hydrogens (tertiary/aromatic N) is 3. The van der Waals surface area contributed by atoms with Crippen molar-refractivity contribution in [3.8, 4) is 0 Å². The van der Waals surface area contributed by atoms with Crippen molar-refractivity contribution >= 4 is 42.6 Å². The lowest BCUT2D eigenvalue weighted by atomic mass is 10.0. The molecule has 1 atom stereocenters. The Kier molecular flexibility index (Phi) is 6.94. The molecule has 9 heteroatoms. The van der Waals surface area contributed by atoms with Crippen LogP contribution in [0.25, 0.3) is 10.2 Å². The van der Waals surface area contributed by atoms with Crippen LogP contribution in [0.15, 0.2) is 47.4 Å². The van der Waals surface area contributed by atoms with E-state index in [-0.39, 0.29) is 16.9 Å². The van der Waals surface area contributed by atoms with Crippen LogP contribution in [0.4, 0.5) is 5.13 Å². The van der Waals surface area contributed by atoms with Gasteiger partial charge in [0.25, 0.3) is 5.91 Å². The van der Waals surface area contributed by atoms with Crippen LogP contribution in [-0.2, 0) is 14.8 Å². The Labute approximate surface area is 210 Å².